The number of nitrogens with zero attached hydrogens (tertiary/aromatic N) is 4. The second-order valence-corrected chi connectivity index (χ2v) is 14.5. The van der Waals surface area contributed by atoms with E-state index in [1.54, 1.807) is 48.5 Å². The highest BCUT2D eigenvalue weighted by molar-refractivity contribution is 5.98. The second kappa shape index (κ2) is 17.8. The molecular weight excluding hydrogens is 754 g/mol. The predicted octanol–water partition coefficient (Wildman–Crippen LogP) is 1.13. The van der Waals surface area contributed by atoms with Crippen molar-refractivity contribution in [2.75, 3.05) is 33.5 Å². The minimum absolute atomic E-state index is 0.0353. The Morgan fingerprint density at radius 2 is 1.24 bits per heavy atom. The predicted molar refractivity (Wildman–Crippen MR) is 207 cm³/mol. The van der Waals surface area contributed by atoms with E-state index in [-0.39, 0.29) is 41.6 Å². The lowest BCUT2D eigenvalue weighted by atomic mass is 9.98. The zero-order chi connectivity index (χ0) is 42.6. The van der Waals surface area contributed by atoms with Crippen LogP contribution in [0.4, 0.5) is 5.69 Å². The summed E-state index contributed by atoms with van der Waals surface area (Å²) in [7, 11) is 5.68. The Hall–Kier alpha value is -6.40. The Labute approximate surface area is 335 Å². The highest BCUT2D eigenvalue weighted by Gasteiger charge is 2.39. The number of phenols is 1. The van der Waals surface area contributed by atoms with Crippen LogP contribution in [0.15, 0.2) is 60.7 Å². The normalized spacial score (nSPS) is 23.9. The largest absolute Gasteiger partial charge is 0.503 e. The number of phenolic OH excluding ortho intramolecular Hbond substituents is 1. The number of fused-ring (bicyclic) bond motifs is 2. The van der Waals surface area contributed by atoms with Crippen molar-refractivity contribution in [3.63, 3.8) is 0 Å². The molecule has 6 N–H and O–H groups in total. The van der Waals surface area contributed by atoms with E-state index >= 15 is 0 Å². The number of benzene rings is 3. The van der Waals surface area contributed by atoms with Gasteiger partial charge in [-0.15, -0.1) is 5.23 Å². The van der Waals surface area contributed by atoms with Crippen molar-refractivity contribution in [1.29, 1.82) is 0 Å². The van der Waals surface area contributed by atoms with E-state index in [1.165, 1.54) is 71.0 Å². The van der Waals surface area contributed by atoms with Crippen molar-refractivity contribution in [2.24, 2.45) is 0 Å². The van der Waals surface area contributed by atoms with Crippen LogP contribution in [-0.4, -0.2) is 130 Å². The topological polar surface area (TPSA) is 231 Å². The lowest BCUT2D eigenvalue weighted by Gasteiger charge is -2.37. The number of aromatic hydroxyl groups is 1. The average molecular weight is 804 g/mol. The third kappa shape index (κ3) is 9.41. The van der Waals surface area contributed by atoms with Crippen LogP contribution in [0, 0.1) is 0 Å². The van der Waals surface area contributed by atoms with Gasteiger partial charge in [-0.3, -0.25) is 39.2 Å². The van der Waals surface area contributed by atoms with Crippen LogP contribution < -0.4 is 30.7 Å². The molecule has 3 aliphatic rings. The summed E-state index contributed by atoms with van der Waals surface area (Å²) in [6.07, 6.45) is -0.309. The smallest absolute Gasteiger partial charge is 0.246 e. The molecule has 1 fully saturated rings. The van der Waals surface area contributed by atoms with Gasteiger partial charge in [0.1, 0.15) is 53.4 Å². The maximum Gasteiger partial charge on any atom is 0.246 e. The van der Waals surface area contributed by atoms with Gasteiger partial charge in [0, 0.05) is 40.4 Å². The van der Waals surface area contributed by atoms with Crippen LogP contribution >= 0.6 is 0 Å². The van der Waals surface area contributed by atoms with Crippen molar-refractivity contribution in [1.82, 2.24) is 30.7 Å². The number of carbonyl (C=O) groups is 6. The fourth-order valence-electron chi connectivity index (χ4n) is 6.90. The Bertz CT molecular complexity index is 2040. The number of rotatable bonds is 4. The van der Waals surface area contributed by atoms with E-state index in [1.807, 2.05) is 0 Å². The number of amides is 6. The van der Waals surface area contributed by atoms with E-state index < -0.39 is 83.1 Å². The maximum atomic E-state index is 14.7. The summed E-state index contributed by atoms with van der Waals surface area (Å²) >= 11 is 0. The number of nitrogens with one attached hydrogen (secondary N) is 3. The monoisotopic (exact) mass is 803 g/mol. The molecule has 6 atom stereocenters. The Kier molecular flexibility index (Phi) is 13.1. The fraction of sp³-hybridized carbons (Fsp3) is 0.400. The van der Waals surface area contributed by atoms with Gasteiger partial charge in [0.25, 0.3) is 0 Å². The zero-order valence-corrected chi connectivity index (χ0v) is 33.3. The lowest BCUT2D eigenvalue weighted by Crippen LogP contribution is -2.61. The number of likely N-dealkylation sites (N-methyl/N-ethyl adjacent to an activating group) is 3. The van der Waals surface area contributed by atoms with Crippen molar-refractivity contribution < 1.29 is 53.8 Å². The molecule has 6 bridgehead atoms. The average Bonchev–Trinajstić information content (AvgIpc) is 3.20. The van der Waals surface area contributed by atoms with Gasteiger partial charge in [0.05, 0.1) is 7.11 Å². The molecular formula is C40H49N7O11. The fourth-order valence-corrected chi connectivity index (χ4v) is 6.90. The van der Waals surface area contributed by atoms with Crippen LogP contribution in [-0.2, 0) is 48.0 Å². The summed E-state index contributed by atoms with van der Waals surface area (Å²) in [5, 5.41) is 38.4. The van der Waals surface area contributed by atoms with Crippen molar-refractivity contribution in [3.8, 4) is 23.0 Å². The van der Waals surface area contributed by atoms with Crippen LogP contribution in [0.25, 0.3) is 0 Å². The standard InChI is InChI=1S/C40H49N7O11/c1-21-35(49)42-22(2)38(52)44(4)30(16-24-8-12-27(57-7)13-9-24)37(51)43-23(3)39(53)46(6)32-17-25-10-14-28(15-11-25)58-33-20-26(18-29(34(33)48)47(55)56)19-31(36(50)41-21)45(5)40(32)54/h8-15,18,20-23,30-32,48,55-56H,16-17,19H2,1-7H3,(H,41,50)(H,42,49)(H,43,51)/t21-,22+,23+,30+,31+,32+/m1/s1. The summed E-state index contributed by atoms with van der Waals surface area (Å²) in [5.41, 5.74) is 0.960. The summed E-state index contributed by atoms with van der Waals surface area (Å²) in [6.45, 7) is 4.27. The van der Waals surface area contributed by atoms with Crippen LogP contribution in [0.1, 0.15) is 37.5 Å². The molecule has 18 heteroatoms. The van der Waals surface area contributed by atoms with Gasteiger partial charge >= 0.3 is 0 Å². The first-order valence-electron chi connectivity index (χ1n) is 18.5. The van der Waals surface area contributed by atoms with Crippen LogP contribution in [0.2, 0.25) is 0 Å². The van der Waals surface area contributed by atoms with Gasteiger partial charge in [-0.25, -0.2) is 0 Å². The minimum atomic E-state index is -1.39. The number of hydrogen-bond acceptors (Lipinski definition) is 12. The molecule has 0 aromatic heterocycles. The number of anilines is 1. The molecule has 0 radical (unpaired) electrons. The third-order valence-electron chi connectivity index (χ3n) is 10.5. The Balaban J connectivity index is 1.60. The first-order valence-corrected chi connectivity index (χ1v) is 18.5. The summed E-state index contributed by atoms with van der Waals surface area (Å²) in [6, 6.07) is 8.42. The number of ether oxygens (including phenoxy) is 2. The van der Waals surface area contributed by atoms with Gasteiger partial charge in [0.15, 0.2) is 11.5 Å². The minimum Gasteiger partial charge on any atom is -0.503 e. The van der Waals surface area contributed by atoms with Gasteiger partial charge in [-0.05, 0) is 73.9 Å². The molecule has 0 aliphatic carbocycles. The number of carbonyl (C=O) groups excluding carboxylic acids is 6. The first kappa shape index (κ1) is 42.7. The lowest BCUT2D eigenvalue weighted by molar-refractivity contribution is -0.149. The van der Waals surface area contributed by atoms with Gasteiger partial charge < -0.3 is 45.2 Å². The molecule has 6 rings (SSSR count). The second-order valence-electron chi connectivity index (χ2n) is 14.5. The van der Waals surface area contributed by atoms with Crippen molar-refractivity contribution in [3.05, 3.63) is 77.4 Å². The quantitative estimate of drug-likeness (QED) is 0.204. The molecule has 3 aliphatic heterocycles. The molecule has 0 saturated carbocycles. The summed E-state index contributed by atoms with van der Waals surface area (Å²) in [5.74, 6) is -4.16. The Morgan fingerprint density at radius 3 is 1.84 bits per heavy atom. The molecule has 3 heterocycles. The van der Waals surface area contributed by atoms with Crippen LogP contribution in [0.3, 0.4) is 0 Å². The van der Waals surface area contributed by atoms with E-state index in [0.29, 0.717) is 16.9 Å². The molecule has 0 spiro atoms. The van der Waals surface area contributed by atoms with E-state index in [4.69, 9.17) is 9.47 Å². The highest BCUT2D eigenvalue weighted by atomic mass is 16.8. The molecule has 58 heavy (non-hydrogen) atoms. The Morgan fingerprint density at radius 1 is 0.690 bits per heavy atom. The van der Waals surface area contributed by atoms with Gasteiger partial charge in [-0.1, -0.05) is 24.3 Å². The molecule has 18 nitrogen and oxygen atoms in total. The maximum absolute atomic E-state index is 14.7. The number of hydrogen-bond donors (Lipinski definition) is 6. The van der Waals surface area contributed by atoms with E-state index in [2.05, 4.69) is 16.0 Å². The molecule has 0 unspecified atom stereocenters. The van der Waals surface area contributed by atoms with Crippen LogP contribution in [0.5, 0.6) is 23.0 Å². The zero-order valence-electron chi connectivity index (χ0n) is 33.3. The van der Waals surface area contributed by atoms with E-state index in [0.717, 1.165) is 4.90 Å². The third-order valence-corrected chi connectivity index (χ3v) is 10.5. The number of methoxy groups -OCH3 is 1. The first-order chi connectivity index (χ1) is 27.4. The van der Waals surface area contributed by atoms with Crippen molar-refractivity contribution in [2.45, 2.75) is 76.3 Å². The molecule has 3 aromatic carbocycles. The van der Waals surface area contributed by atoms with Crippen molar-refractivity contribution >= 4 is 41.1 Å². The summed E-state index contributed by atoms with van der Waals surface area (Å²) in [4.78, 5) is 88.0. The van der Waals surface area contributed by atoms with Gasteiger partial charge in [-0.2, -0.15) is 0 Å². The summed E-state index contributed by atoms with van der Waals surface area (Å²) < 4.78 is 11.2. The molecule has 3 aromatic rings. The van der Waals surface area contributed by atoms with Gasteiger partial charge in [0.2, 0.25) is 35.4 Å². The molecule has 310 valence electrons. The highest BCUT2D eigenvalue weighted by Crippen LogP contribution is 2.40. The molecule has 6 amide bonds. The SMILES string of the molecule is COc1ccc(C[C@H]2C(=O)N[C@@H](C)C(=O)N(C)[C@H]3Cc4ccc(cc4)Oc4cc(cc(N(O)O)c4O)C[C@@H](C(=O)N[C@H](C)C(=O)N[C@@H](C)C(=O)N2C)N(C)C3=O)cc1. The van der Waals surface area contributed by atoms with E-state index in [9.17, 15) is 44.3 Å². The molecule has 1 saturated heterocycles.